The molecule has 120 valence electrons. The molecule has 1 aromatic heterocycles. The second kappa shape index (κ2) is 10.3. The number of aliphatic imine (C=N–C) groups is 1. The van der Waals surface area contributed by atoms with Crippen molar-refractivity contribution < 1.29 is 4.42 Å². The Labute approximate surface area is 149 Å². The third kappa shape index (κ3) is 6.51. The molecule has 0 unspecified atom stereocenters. The van der Waals surface area contributed by atoms with Gasteiger partial charge in [-0.15, -0.1) is 24.0 Å². The third-order valence-electron chi connectivity index (χ3n) is 3.13. The molecule has 0 bridgehead atoms. The van der Waals surface area contributed by atoms with Gasteiger partial charge in [0, 0.05) is 19.5 Å². The molecule has 4 nitrogen and oxygen atoms in total. The van der Waals surface area contributed by atoms with Gasteiger partial charge in [0.25, 0.3) is 0 Å². The summed E-state index contributed by atoms with van der Waals surface area (Å²) in [7, 11) is 0. The van der Waals surface area contributed by atoms with Gasteiger partial charge in [0.2, 0.25) is 0 Å². The van der Waals surface area contributed by atoms with Crippen LogP contribution in [0.4, 0.5) is 0 Å². The van der Waals surface area contributed by atoms with Crippen molar-refractivity contribution in [1.29, 1.82) is 0 Å². The molecule has 0 saturated heterocycles. The highest BCUT2D eigenvalue weighted by atomic mass is 127. The maximum atomic E-state index is 5.32. The average Bonchev–Trinajstić information content (AvgIpc) is 3.00. The molecule has 0 spiro atoms. The van der Waals surface area contributed by atoms with Crippen LogP contribution in [-0.4, -0.2) is 19.0 Å². The topological polar surface area (TPSA) is 49.6 Å². The van der Waals surface area contributed by atoms with Crippen LogP contribution in [0.3, 0.4) is 0 Å². The first kappa shape index (κ1) is 18.5. The van der Waals surface area contributed by atoms with Gasteiger partial charge in [-0.25, -0.2) is 4.99 Å². The molecule has 0 atom stereocenters. The van der Waals surface area contributed by atoms with Crippen LogP contribution >= 0.6 is 24.0 Å². The number of nitrogens with zero attached hydrogens (tertiary/aromatic N) is 1. The van der Waals surface area contributed by atoms with Gasteiger partial charge in [-0.1, -0.05) is 29.8 Å². The summed E-state index contributed by atoms with van der Waals surface area (Å²) in [4.78, 5) is 4.60. The Morgan fingerprint density at radius 1 is 1.14 bits per heavy atom. The minimum atomic E-state index is 0. The number of rotatable bonds is 6. The first-order chi connectivity index (χ1) is 10.3. The highest BCUT2D eigenvalue weighted by Crippen LogP contribution is 2.04. The number of benzene rings is 1. The van der Waals surface area contributed by atoms with Crippen LogP contribution in [0.15, 0.2) is 52.1 Å². The van der Waals surface area contributed by atoms with E-state index in [4.69, 9.17) is 4.42 Å². The lowest BCUT2D eigenvalue weighted by atomic mass is 10.1. The van der Waals surface area contributed by atoms with E-state index in [2.05, 4.69) is 53.7 Å². The molecule has 5 heteroatoms. The number of guanidine groups is 1. The Balaban J connectivity index is 0.00000242. The second-order valence-electron chi connectivity index (χ2n) is 4.94. The molecule has 22 heavy (non-hydrogen) atoms. The molecule has 0 saturated carbocycles. The number of hydrogen-bond donors (Lipinski definition) is 2. The molecule has 2 aromatic rings. The smallest absolute Gasteiger partial charge is 0.191 e. The van der Waals surface area contributed by atoms with Crippen molar-refractivity contribution in [3.8, 4) is 0 Å². The zero-order chi connectivity index (χ0) is 14.9. The summed E-state index contributed by atoms with van der Waals surface area (Å²) in [5.74, 6) is 1.82. The number of aryl methyl sites for hydroxylation is 1. The number of furan rings is 1. The monoisotopic (exact) mass is 413 g/mol. The van der Waals surface area contributed by atoms with Crippen LogP contribution in [0.2, 0.25) is 0 Å². The summed E-state index contributed by atoms with van der Waals surface area (Å²) in [6, 6.07) is 12.4. The summed E-state index contributed by atoms with van der Waals surface area (Å²) in [5, 5.41) is 6.57. The minimum absolute atomic E-state index is 0. The van der Waals surface area contributed by atoms with Crippen molar-refractivity contribution in [2.45, 2.75) is 26.8 Å². The van der Waals surface area contributed by atoms with Gasteiger partial charge in [-0.05, 0) is 31.5 Å². The molecule has 0 aliphatic heterocycles. The summed E-state index contributed by atoms with van der Waals surface area (Å²) >= 11 is 0. The van der Waals surface area contributed by atoms with Gasteiger partial charge in [0.15, 0.2) is 5.96 Å². The van der Waals surface area contributed by atoms with E-state index in [9.17, 15) is 0 Å². The van der Waals surface area contributed by atoms with Crippen LogP contribution in [0.5, 0.6) is 0 Å². The molecular weight excluding hydrogens is 389 g/mol. The first-order valence-electron chi connectivity index (χ1n) is 7.38. The van der Waals surface area contributed by atoms with E-state index < -0.39 is 0 Å². The standard InChI is InChI=1S/C17H23N3O.HI/c1-3-18-17(19-11-10-16-5-4-12-21-16)20-13-15-8-6-14(2)7-9-15;/h4-9,12H,3,10-11,13H2,1-2H3,(H2,18,19,20);1H. The van der Waals surface area contributed by atoms with E-state index in [0.717, 1.165) is 31.2 Å². The predicted octanol–water partition coefficient (Wildman–Crippen LogP) is 3.50. The first-order valence-corrected chi connectivity index (χ1v) is 7.38. The Morgan fingerprint density at radius 3 is 2.55 bits per heavy atom. The van der Waals surface area contributed by atoms with E-state index >= 15 is 0 Å². The molecule has 0 radical (unpaired) electrons. The Hall–Kier alpha value is -1.50. The minimum Gasteiger partial charge on any atom is -0.469 e. The highest BCUT2D eigenvalue weighted by Gasteiger charge is 1.99. The van der Waals surface area contributed by atoms with Crippen LogP contribution < -0.4 is 10.6 Å². The quantitative estimate of drug-likeness (QED) is 0.433. The fourth-order valence-electron chi connectivity index (χ4n) is 1.96. The van der Waals surface area contributed by atoms with Crippen molar-refractivity contribution in [1.82, 2.24) is 10.6 Å². The van der Waals surface area contributed by atoms with Crippen molar-refractivity contribution in [2.75, 3.05) is 13.1 Å². The van der Waals surface area contributed by atoms with Crippen molar-refractivity contribution in [3.05, 3.63) is 59.5 Å². The molecule has 2 rings (SSSR count). The molecule has 2 N–H and O–H groups in total. The lowest BCUT2D eigenvalue weighted by Crippen LogP contribution is -2.38. The summed E-state index contributed by atoms with van der Waals surface area (Å²) < 4.78 is 5.32. The van der Waals surface area contributed by atoms with Gasteiger partial charge in [-0.3, -0.25) is 0 Å². The molecule has 0 aliphatic rings. The maximum absolute atomic E-state index is 5.32. The lowest BCUT2D eigenvalue weighted by molar-refractivity contribution is 0.507. The summed E-state index contributed by atoms with van der Waals surface area (Å²) in [6.07, 6.45) is 2.55. The van der Waals surface area contributed by atoms with Crippen LogP contribution in [0.25, 0.3) is 0 Å². The van der Waals surface area contributed by atoms with Gasteiger partial charge < -0.3 is 15.1 Å². The fraction of sp³-hybridized carbons (Fsp3) is 0.353. The summed E-state index contributed by atoms with van der Waals surface area (Å²) in [5.41, 5.74) is 2.48. The Kier molecular flexibility index (Phi) is 8.65. The van der Waals surface area contributed by atoms with Gasteiger partial charge in [-0.2, -0.15) is 0 Å². The van der Waals surface area contributed by atoms with Crippen molar-refractivity contribution >= 4 is 29.9 Å². The molecule has 0 amide bonds. The SMILES string of the molecule is CCNC(=NCc1ccc(C)cc1)NCCc1ccco1.I. The van der Waals surface area contributed by atoms with E-state index in [1.165, 1.54) is 11.1 Å². The van der Waals surface area contributed by atoms with Crippen molar-refractivity contribution in [3.63, 3.8) is 0 Å². The van der Waals surface area contributed by atoms with Crippen LogP contribution in [-0.2, 0) is 13.0 Å². The highest BCUT2D eigenvalue weighted by molar-refractivity contribution is 14.0. The molecule has 0 fully saturated rings. The van der Waals surface area contributed by atoms with Crippen LogP contribution in [0, 0.1) is 6.92 Å². The Bertz CT molecular complexity index is 550. The Morgan fingerprint density at radius 2 is 1.91 bits per heavy atom. The third-order valence-corrected chi connectivity index (χ3v) is 3.13. The summed E-state index contributed by atoms with van der Waals surface area (Å²) in [6.45, 7) is 6.48. The number of halogens is 1. The second-order valence-corrected chi connectivity index (χ2v) is 4.94. The molecule has 0 aliphatic carbocycles. The van der Waals surface area contributed by atoms with Crippen LogP contribution in [0.1, 0.15) is 23.8 Å². The molecule has 1 aromatic carbocycles. The zero-order valence-electron chi connectivity index (χ0n) is 13.1. The average molecular weight is 413 g/mol. The fourth-order valence-corrected chi connectivity index (χ4v) is 1.96. The lowest BCUT2D eigenvalue weighted by Gasteiger charge is -2.10. The van der Waals surface area contributed by atoms with E-state index in [1.54, 1.807) is 6.26 Å². The zero-order valence-corrected chi connectivity index (χ0v) is 15.5. The van der Waals surface area contributed by atoms with Gasteiger partial charge >= 0.3 is 0 Å². The molecular formula is C17H24IN3O. The van der Waals surface area contributed by atoms with Gasteiger partial charge in [0.1, 0.15) is 5.76 Å². The van der Waals surface area contributed by atoms with Crippen molar-refractivity contribution in [2.24, 2.45) is 4.99 Å². The van der Waals surface area contributed by atoms with E-state index in [0.29, 0.717) is 6.54 Å². The molecule has 1 heterocycles. The normalized spacial score (nSPS) is 10.9. The number of hydrogen-bond acceptors (Lipinski definition) is 2. The predicted molar refractivity (Wildman–Crippen MR) is 102 cm³/mol. The van der Waals surface area contributed by atoms with E-state index in [-0.39, 0.29) is 24.0 Å². The van der Waals surface area contributed by atoms with E-state index in [1.807, 2.05) is 12.1 Å². The van der Waals surface area contributed by atoms with Gasteiger partial charge in [0.05, 0.1) is 12.8 Å². The largest absolute Gasteiger partial charge is 0.469 e. The maximum Gasteiger partial charge on any atom is 0.191 e. The number of nitrogens with one attached hydrogen (secondary N) is 2.